The summed E-state index contributed by atoms with van der Waals surface area (Å²) in [6.45, 7) is 4.90. The van der Waals surface area contributed by atoms with E-state index in [9.17, 15) is 4.79 Å². The van der Waals surface area contributed by atoms with Gasteiger partial charge in [0.05, 0.1) is 6.04 Å². The lowest BCUT2D eigenvalue weighted by atomic mass is 10.0. The second kappa shape index (κ2) is 3.57. The van der Waals surface area contributed by atoms with E-state index in [0.717, 1.165) is 0 Å². The fourth-order valence-electron chi connectivity index (χ4n) is 1.90. The van der Waals surface area contributed by atoms with E-state index in [1.807, 2.05) is 7.05 Å². The first-order valence-electron chi connectivity index (χ1n) is 5.17. The van der Waals surface area contributed by atoms with Gasteiger partial charge >= 0.3 is 6.03 Å². The van der Waals surface area contributed by atoms with Gasteiger partial charge in [-0.3, -0.25) is 0 Å². The molecule has 2 rings (SSSR count). The number of nitrogens with one attached hydrogen (secondary N) is 1. The van der Waals surface area contributed by atoms with E-state index in [1.54, 1.807) is 4.90 Å². The van der Waals surface area contributed by atoms with Crippen molar-refractivity contribution in [1.82, 2.24) is 10.2 Å². The molecule has 1 aromatic carbocycles. The van der Waals surface area contributed by atoms with E-state index < -0.39 is 0 Å². The van der Waals surface area contributed by atoms with Crippen LogP contribution in [0, 0.1) is 13.8 Å². The van der Waals surface area contributed by atoms with Crippen LogP contribution in [0.25, 0.3) is 0 Å². The Morgan fingerprint density at radius 1 is 1.33 bits per heavy atom. The number of amides is 2. The molecule has 0 aliphatic carbocycles. The van der Waals surface area contributed by atoms with E-state index >= 15 is 0 Å². The van der Waals surface area contributed by atoms with Crippen LogP contribution in [0.1, 0.15) is 22.7 Å². The van der Waals surface area contributed by atoms with Crippen molar-refractivity contribution in [2.75, 3.05) is 13.6 Å². The van der Waals surface area contributed by atoms with Crippen molar-refractivity contribution in [3.8, 4) is 0 Å². The number of aryl methyl sites for hydroxylation is 2. The number of carbonyl (C=O) groups is 1. The summed E-state index contributed by atoms with van der Waals surface area (Å²) in [5.74, 6) is 0. The normalized spacial score (nSPS) is 20.6. The number of hydrogen-bond acceptors (Lipinski definition) is 1. The number of urea groups is 1. The summed E-state index contributed by atoms with van der Waals surface area (Å²) in [5.41, 5.74) is 3.78. The van der Waals surface area contributed by atoms with Crippen LogP contribution in [0.5, 0.6) is 0 Å². The molecule has 1 N–H and O–H groups in total. The summed E-state index contributed by atoms with van der Waals surface area (Å²) in [6, 6.07) is 6.57. The van der Waals surface area contributed by atoms with Crippen LogP contribution in [0.2, 0.25) is 0 Å². The highest BCUT2D eigenvalue weighted by Crippen LogP contribution is 2.24. The van der Waals surface area contributed by atoms with Gasteiger partial charge in [-0.15, -0.1) is 0 Å². The Kier molecular flexibility index (Phi) is 2.39. The summed E-state index contributed by atoms with van der Waals surface area (Å²) in [5, 5.41) is 2.84. The van der Waals surface area contributed by atoms with Crippen LogP contribution in [-0.2, 0) is 0 Å². The molecular formula is C12H16N2O. The first-order chi connectivity index (χ1) is 7.09. The topological polar surface area (TPSA) is 32.3 Å². The fraction of sp³-hybridized carbons (Fsp3) is 0.417. The maximum absolute atomic E-state index is 11.3. The predicted octanol–water partition coefficient (Wildman–Crippen LogP) is 2.00. The second-order valence-corrected chi connectivity index (χ2v) is 4.16. The van der Waals surface area contributed by atoms with Crippen LogP contribution in [-0.4, -0.2) is 24.5 Å². The smallest absolute Gasteiger partial charge is 0.317 e. The molecule has 1 fully saturated rings. The van der Waals surface area contributed by atoms with Crippen LogP contribution >= 0.6 is 0 Å². The molecular weight excluding hydrogens is 188 g/mol. The number of benzene rings is 1. The SMILES string of the molecule is Cc1ccc(C2CNC(=O)N2C)cc1C. The Bertz CT molecular complexity index is 401. The van der Waals surface area contributed by atoms with E-state index in [4.69, 9.17) is 0 Å². The van der Waals surface area contributed by atoms with E-state index in [-0.39, 0.29) is 12.1 Å². The Hall–Kier alpha value is -1.51. The molecule has 1 heterocycles. The highest BCUT2D eigenvalue weighted by Gasteiger charge is 2.28. The van der Waals surface area contributed by atoms with E-state index in [1.165, 1.54) is 16.7 Å². The van der Waals surface area contributed by atoms with Gasteiger partial charge in [-0.25, -0.2) is 4.79 Å². The van der Waals surface area contributed by atoms with Gasteiger partial charge in [-0.05, 0) is 30.5 Å². The highest BCUT2D eigenvalue weighted by atomic mass is 16.2. The van der Waals surface area contributed by atoms with Gasteiger partial charge in [0.2, 0.25) is 0 Å². The second-order valence-electron chi connectivity index (χ2n) is 4.16. The first kappa shape index (κ1) is 10.0. The van der Waals surface area contributed by atoms with E-state index in [2.05, 4.69) is 37.4 Å². The fourth-order valence-corrected chi connectivity index (χ4v) is 1.90. The summed E-state index contributed by atoms with van der Waals surface area (Å²) < 4.78 is 0. The minimum atomic E-state index is 0.0122. The monoisotopic (exact) mass is 204 g/mol. The van der Waals surface area contributed by atoms with Crippen LogP contribution in [0.4, 0.5) is 4.79 Å². The average molecular weight is 204 g/mol. The Morgan fingerprint density at radius 2 is 2.07 bits per heavy atom. The number of likely N-dealkylation sites (N-methyl/N-ethyl adjacent to an activating group) is 1. The summed E-state index contributed by atoms with van der Waals surface area (Å²) in [6.07, 6.45) is 0. The molecule has 3 heteroatoms. The van der Waals surface area contributed by atoms with Crippen molar-refractivity contribution in [1.29, 1.82) is 0 Å². The van der Waals surface area contributed by atoms with Gasteiger partial charge in [0.1, 0.15) is 0 Å². The Labute approximate surface area is 90.1 Å². The third-order valence-corrected chi connectivity index (χ3v) is 3.15. The molecule has 0 spiro atoms. The lowest BCUT2D eigenvalue weighted by Gasteiger charge is -2.19. The zero-order chi connectivity index (χ0) is 11.0. The molecule has 2 amide bonds. The maximum atomic E-state index is 11.3. The summed E-state index contributed by atoms with van der Waals surface area (Å²) >= 11 is 0. The molecule has 0 aromatic heterocycles. The van der Waals surface area contributed by atoms with Gasteiger partial charge < -0.3 is 10.2 Å². The molecule has 0 radical (unpaired) electrons. The maximum Gasteiger partial charge on any atom is 0.317 e. The number of rotatable bonds is 1. The molecule has 0 bridgehead atoms. The molecule has 1 aromatic rings. The lowest BCUT2D eigenvalue weighted by Crippen LogP contribution is -2.25. The molecule has 1 atom stereocenters. The van der Waals surface area contributed by atoms with Crippen LogP contribution < -0.4 is 5.32 Å². The standard InChI is InChI=1S/C12H16N2O/c1-8-4-5-10(6-9(8)2)11-7-13-12(15)14(11)3/h4-6,11H,7H2,1-3H3,(H,13,15). The van der Waals surface area contributed by atoms with Gasteiger partial charge in [-0.1, -0.05) is 18.2 Å². The molecule has 15 heavy (non-hydrogen) atoms. The molecule has 1 unspecified atom stereocenters. The summed E-state index contributed by atoms with van der Waals surface area (Å²) in [7, 11) is 1.84. The Balaban J connectivity index is 2.30. The van der Waals surface area contributed by atoms with Crippen molar-refractivity contribution >= 4 is 6.03 Å². The molecule has 80 valence electrons. The molecule has 0 saturated carbocycles. The van der Waals surface area contributed by atoms with Crippen molar-refractivity contribution in [2.24, 2.45) is 0 Å². The zero-order valence-corrected chi connectivity index (χ0v) is 9.37. The zero-order valence-electron chi connectivity index (χ0n) is 9.37. The van der Waals surface area contributed by atoms with Crippen molar-refractivity contribution in [3.05, 3.63) is 34.9 Å². The predicted molar refractivity (Wildman–Crippen MR) is 59.8 cm³/mol. The van der Waals surface area contributed by atoms with E-state index in [0.29, 0.717) is 6.54 Å². The third kappa shape index (κ3) is 1.69. The van der Waals surface area contributed by atoms with Crippen molar-refractivity contribution in [3.63, 3.8) is 0 Å². The summed E-state index contributed by atoms with van der Waals surface area (Å²) in [4.78, 5) is 13.1. The van der Waals surface area contributed by atoms with Crippen LogP contribution in [0.3, 0.4) is 0 Å². The third-order valence-electron chi connectivity index (χ3n) is 3.15. The largest absolute Gasteiger partial charge is 0.336 e. The minimum Gasteiger partial charge on any atom is -0.336 e. The number of carbonyl (C=O) groups excluding carboxylic acids is 1. The van der Waals surface area contributed by atoms with Gasteiger partial charge in [-0.2, -0.15) is 0 Å². The Morgan fingerprint density at radius 3 is 2.60 bits per heavy atom. The molecule has 1 aliphatic rings. The average Bonchev–Trinajstić information content (AvgIpc) is 2.53. The number of nitrogens with zero attached hydrogens (tertiary/aromatic N) is 1. The molecule has 1 saturated heterocycles. The van der Waals surface area contributed by atoms with Gasteiger partial charge in [0.25, 0.3) is 0 Å². The van der Waals surface area contributed by atoms with Crippen molar-refractivity contribution < 1.29 is 4.79 Å². The highest BCUT2D eigenvalue weighted by molar-refractivity contribution is 5.76. The first-order valence-corrected chi connectivity index (χ1v) is 5.17. The van der Waals surface area contributed by atoms with Crippen LogP contribution in [0.15, 0.2) is 18.2 Å². The van der Waals surface area contributed by atoms with Gasteiger partial charge in [0.15, 0.2) is 0 Å². The van der Waals surface area contributed by atoms with Gasteiger partial charge in [0, 0.05) is 13.6 Å². The minimum absolute atomic E-state index is 0.0122. The quantitative estimate of drug-likeness (QED) is 0.745. The molecule has 1 aliphatic heterocycles. The molecule has 3 nitrogen and oxygen atoms in total. The van der Waals surface area contributed by atoms with Crippen molar-refractivity contribution in [2.45, 2.75) is 19.9 Å². The number of hydrogen-bond donors (Lipinski definition) is 1. The lowest BCUT2D eigenvalue weighted by molar-refractivity contribution is 0.217.